The Balaban J connectivity index is 2.23. The Hall–Kier alpha value is -1.59. The summed E-state index contributed by atoms with van der Waals surface area (Å²) in [6.45, 7) is 0.859. The van der Waals surface area contributed by atoms with Crippen LogP contribution in [0.5, 0.6) is 5.75 Å². The number of rotatable bonds is 3. The van der Waals surface area contributed by atoms with Gasteiger partial charge >= 0.3 is 5.97 Å². The van der Waals surface area contributed by atoms with Crippen molar-refractivity contribution in [3.63, 3.8) is 0 Å². The largest absolute Gasteiger partial charge is 0.508 e. The van der Waals surface area contributed by atoms with Crippen LogP contribution in [0.15, 0.2) is 24.3 Å². The van der Waals surface area contributed by atoms with Gasteiger partial charge in [-0.25, -0.2) is 4.79 Å². The van der Waals surface area contributed by atoms with Crippen molar-refractivity contribution in [1.29, 1.82) is 0 Å². The van der Waals surface area contributed by atoms with Crippen molar-refractivity contribution in [2.45, 2.75) is 31.2 Å². The highest BCUT2D eigenvalue weighted by atomic mass is 17.1. The molecule has 1 heterocycles. The highest BCUT2D eigenvalue weighted by Crippen LogP contribution is 2.27. The Morgan fingerprint density at radius 1 is 1.33 bits per heavy atom. The molecule has 0 amide bonds. The second-order valence-electron chi connectivity index (χ2n) is 4.54. The van der Waals surface area contributed by atoms with Crippen LogP contribution >= 0.6 is 0 Å². The lowest BCUT2D eigenvalue weighted by Crippen LogP contribution is -2.42. The molecule has 2 rings (SSSR count). The molecular formula is C13H17NO4. The van der Waals surface area contributed by atoms with Gasteiger partial charge in [0.25, 0.3) is 0 Å². The third-order valence-corrected chi connectivity index (χ3v) is 3.35. The van der Waals surface area contributed by atoms with Crippen molar-refractivity contribution in [2.24, 2.45) is 0 Å². The van der Waals surface area contributed by atoms with Crippen LogP contribution in [0.25, 0.3) is 0 Å². The second-order valence-corrected chi connectivity index (χ2v) is 4.54. The second kappa shape index (κ2) is 5.84. The van der Waals surface area contributed by atoms with Gasteiger partial charge in [-0.2, -0.15) is 5.26 Å². The number of carbonyl (C=O) groups is 1. The predicted molar refractivity (Wildman–Crippen MR) is 65.2 cm³/mol. The molecule has 1 aliphatic rings. The van der Waals surface area contributed by atoms with Crippen LogP contribution in [0.2, 0.25) is 0 Å². The lowest BCUT2D eigenvalue weighted by molar-refractivity contribution is -0.236. The van der Waals surface area contributed by atoms with E-state index in [9.17, 15) is 9.90 Å². The van der Waals surface area contributed by atoms with Crippen molar-refractivity contribution in [2.75, 3.05) is 6.54 Å². The first-order chi connectivity index (χ1) is 8.72. The van der Waals surface area contributed by atoms with E-state index in [1.54, 1.807) is 12.1 Å². The summed E-state index contributed by atoms with van der Waals surface area (Å²) in [7, 11) is 0. The number of hydrogen-bond acceptors (Lipinski definition) is 5. The lowest BCUT2D eigenvalue weighted by atomic mass is 9.86. The summed E-state index contributed by atoms with van der Waals surface area (Å²) in [6.07, 6.45) is 3.00. The van der Waals surface area contributed by atoms with E-state index in [0.717, 1.165) is 31.4 Å². The fourth-order valence-electron chi connectivity index (χ4n) is 2.43. The molecule has 0 spiro atoms. The molecule has 2 atom stereocenters. The summed E-state index contributed by atoms with van der Waals surface area (Å²) in [4.78, 5) is 15.6. The van der Waals surface area contributed by atoms with Crippen molar-refractivity contribution in [3.05, 3.63) is 29.8 Å². The molecule has 0 aliphatic carbocycles. The number of benzene rings is 1. The van der Waals surface area contributed by atoms with Crippen molar-refractivity contribution in [1.82, 2.24) is 5.32 Å². The smallest absolute Gasteiger partial charge is 0.351 e. The highest BCUT2D eigenvalue weighted by Gasteiger charge is 2.32. The number of piperidine rings is 1. The quantitative estimate of drug-likeness (QED) is 0.562. The average Bonchev–Trinajstić information content (AvgIpc) is 2.42. The van der Waals surface area contributed by atoms with Gasteiger partial charge in [0.1, 0.15) is 11.7 Å². The molecule has 1 fully saturated rings. The minimum Gasteiger partial charge on any atom is -0.508 e. The van der Waals surface area contributed by atoms with Crippen LogP contribution in [-0.2, 0) is 9.68 Å². The van der Waals surface area contributed by atoms with E-state index in [-0.39, 0.29) is 11.8 Å². The molecule has 0 bridgehead atoms. The molecule has 0 saturated carbocycles. The normalized spacial score (nSPS) is 21.3. The summed E-state index contributed by atoms with van der Waals surface area (Å²) in [5, 5.41) is 21.2. The van der Waals surface area contributed by atoms with E-state index in [1.165, 1.54) is 12.1 Å². The Morgan fingerprint density at radius 3 is 2.61 bits per heavy atom. The van der Waals surface area contributed by atoms with Gasteiger partial charge in [-0.1, -0.05) is 18.6 Å². The van der Waals surface area contributed by atoms with Crippen LogP contribution in [0.3, 0.4) is 0 Å². The van der Waals surface area contributed by atoms with Gasteiger partial charge in [0, 0.05) is 6.04 Å². The lowest BCUT2D eigenvalue weighted by Gasteiger charge is -2.29. The zero-order valence-electron chi connectivity index (χ0n) is 10.0. The molecule has 0 radical (unpaired) electrons. The van der Waals surface area contributed by atoms with Gasteiger partial charge in [0.05, 0.1) is 0 Å². The summed E-state index contributed by atoms with van der Waals surface area (Å²) in [5.41, 5.74) is 0.728. The summed E-state index contributed by atoms with van der Waals surface area (Å²) < 4.78 is 0. The Bertz CT molecular complexity index is 398. The zero-order valence-corrected chi connectivity index (χ0v) is 10.0. The van der Waals surface area contributed by atoms with Gasteiger partial charge in [-0.3, -0.25) is 0 Å². The van der Waals surface area contributed by atoms with Crippen LogP contribution < -0.4 is 5.32 Å². The summed E-state index contributed by atoms with van der Waals surface area (Å²) in [6, 6.07) is 6.36. The van der Waals surface area contributed by atoms with E-state index >= 15 is 0 Å². The molecule has 1 aromatic rings. The van der Waals surface area contributed by atoms with E-state index in [0.29, 0.717) is 0 Å². The molecule has 5 heteroatoms. The van der Waals surface area contributed by atoms with Gasteiger partial charge < -0.3 is 15.3 Å². The zero-order chi connectivity index (χ0) is 13.0. The van der Waals surface area contributed by atoms with Crippen LogP contribution in [0.4, 0.5) is 0 Å². The molecule has 5 nitrogen and oxygen atoms in total. The number of phenolic OH excluding ortho intramolecular Hbond substituents is 1. The number of carbonyl (C=O) groups excluding carboxylic acids is 1. The van der Waals surface area contributed by atoms with Crippen LogP contribution in [0.1, 0.15) is 30.7 Å². The minimum absolute atomic E-state index is 0.0389. The van der Waals surface area contributed by atoms with Gasteiger partial charge in [-0.15, -0.1) is 0 Å². The summed E-state index contributed by atoms with van der Waals surface area (Å²) in [5.74, 6) is -1.07. The van der Waals surface area contributed by atoms with Crippen LogP contribution in [-0.4, -0.2) is 28.9 Å². The maximum atomic E-state index is 11.7. The van der Waals surface area contributed by atoms with E-state index in [4.69, 9.17) is 5.26 Å². The molecule has 1 aliphatic heterocycles. The first-order valence-electron chi connectivity index (χ1n) is 6.10. The Labute approximate surface area is 105 Å². The SMILES string of the molecule is O=C(OO)[C@@H](c1ccc(O)cc1)[C@H]1CCCCN1. The molecule has 1 saturated heterocycles. The van der Waals surface area contributed by atoms with Crippen molar-refractivity contribution in [3.8, 4) is 5.75 Å². The molecule has 3 N–H and O–H groups in total. The van der Waals surface area contributed by atoms with E-state index in [1.807, 2.05) is 0 Å². The van der Waals surface area contributed by atoms with E-state index in [2.05, 4.69) is 10.2 Å². The number of nitrogens with one attached hydrogen (secondary N) is 1. The standard InChI is InChI=1S/C13H17NO4/c15-10-6-4-9(5-7-10)12(13(16)18-17)11-3-1-2-8-14-11/h4-7,11-12,14-15,17H,1-3,8H2/t11-,12+/m1/s1. The Kier molecular flexibility index (Phi) is 4.17. The van der Waals surface area contributed by atoms with E-state index < -0.39 is 11.9 Å². The van der Waals surface area contributed by atoms with Gasteiger partial charge in [0.15, 0.2) is 0 Å². The number of hydrogen-bond donors (Lipinski definition) is 3. The molecule has 0 unspecified atom stereocenters. The maximum absolute atomic E-state index is 11.7. The molecule has 0 aromatic heterocycles. The fraction of sp³-hybridized carbons (Fsp3) is 0.462. The molecular weight excluding hydrogens is 234 g/mol. The van der Waals surface area contributed by atoms with Crippen molar-refractivity contribution >= 4 is 5.97 Å². The fourth-order valence-corrected chi connectivity index (χ4v) is 2.43. The van der Waals surface area contributed by atoms with Gasteiger partial charge in [-0.05, 0) is 37.1 Å². The van der Waals surface area contributed by atoms with Crippen LogP contribution in [0, 0.1) is 0 Å². The van der Waals surface area contributed by atoms with Crippen molar-refractivity contribution < 1.29 is 20.0 Å². The maximum Gasteiger partial charge on any atom is 0.351 e. The Morgan fingerprint density at radius 2 is 2.06 bits per heavy atom. The molecule has 1 aromatic carbocycles. The minimum atomic E-state index is -0.667. The predicted octanol–water partition coefficient (Wildman–Crippen LogP) is 1.63. The third-order valence-electron chi connectivity index (χ3n) is 3.35. The third kappa shape index (κ3) is 2.80. The monoisotopic (exact) mass is 251 g/mol. The molecule has 98 valence electrons. The number of aromatic hydroxyl groups is 1. The highest BCUT2D eigenvalue weighted by molar-refractivity contribution is 5.78. The first-order valence-corrected chi connectivity index (χ1v) is 6.10. The topological polar surface area (TPSA) is 78.8 Å². The molecule has 18 heavy (non-hydrogen) atoms. The first kappa shape index (κ1) is 12.9. The number of phenols is 1. The summed E-state index contributed by atoms with van der Waals surface area (Å²) >= 11 is 0. The van der Waals surface area contributed by atoms with Gasteiger partial charge in [0.2, 0.25) is 0 Å². The average molecular weight is 251 g/mol.